The number of benzene rings is 1. The molecule has 0 aromatic heterocycles. The van der Waals surface area contributed by atoms with Crippen LogP contribution in [0.25, 0.3) is 0 Å². The Morgan fingerprint density at radius 1 is 1.24 bits per heavy atom. The first-order valence-electron chi connectivity index (χ1n) is 8.05. The van der Waals surface area contributed by atoms with Gasteiger partial charge in [-0.25, -0.2) is 4.39 Å². The number of hydrogen-bond acceptors (Lipinski definition) is 2. The summed E-state index contributed by atoms with van der Waals surface area (Å²) in [5, 5.41) is 3.39. The molecule has 0 amide bonds. The first-order chi connectivity index (χ1) is 9.76. The molecule has 0 spiro atoms. The summed E-state index contributed by atoms with van der Waals surface area (Å²) in [6.45, 7) is 15.2. The van der Waals surface area contributed by atoms with Gasteiger partial charge in [0.2, 0.25) is 0 Å². The molecule has 0 aliphatic carbocycles. The summed E-state index contributed by atoms with van der Waals surface area (Å²) in [5.41, 5.74) is 1.75. The zero-order valence-electron chi connectivity index (χ0n) is 14.5. The number of nitrogens with one attached hydrogen (secondary N) is 1. The number of rotatable bonds is 7. The number of halogens is 1. The molecular formula is C18H31FN2. The van der Waals surface area contributed by atoms with Crippen molar-refractivity contribution >= 4 is 5.69 Å². The highest BCUT2D eigenvalue weighted by atomic mass is 19.1. The van der Waals surface area contributed by atoms with E-state index in [-0.39, 0.29) is 11.4 Å². The zero-order valence-corrected chi connectivity index (χ0v) is 14.5. The molecule has 0 saturated carbocycles. The summed E-state index contributed by atoms with van der Waals surface area (Å²) in [6, 6.07) is 5.60. The highest BCUT2D eigenvalue weighted by Gasteiger charge is 2.14. The summed E-state index contributed by atoms with van der Waals surface area (Å²) in [6.07, 6.45) is 1.12. The van der Waals surface area contributed by atoms with Crippen LogP contribution in [0.2, 0.25) is 0 Å². The van der Waals surface area contributed by atoms with Gasteiger partial charge in [-0.05, 0) is 51.3 Å². The fourth-order valence-electron chi connectivity index (χ4n) is 2.19. The van der Waals surface area contributed by atoms with Crippen molar-refractivity contribution in [2.24, 2.45) is 5.92 Å². The molecule has 1 atom stereocenters. The maximum Gasteiger partial charge on any atom is 0.146 e. The number of anilines is 1. The lowest BCUT2D eigenvalue weighted by atomic mass is 10.1. The third kappa shape index (κ3) is 6.04. The quantitative estimate of drug-likeness (QED) is 0.791. The van der Waals surface area contributed by atoms with Gasteiger partial charge in [-0.1, -0.05) is 26.3 Å². The van der Waals surface area contributed by atoms with E-state index in [1.807, 2.05) is 12.1 Å². The number of hydrogen-bond donors (Lipinski definition) is 1. The molecule has 21 heavy (non-hydrogen) atoms. The van der Waals surface area contributed by atoms with Crippen molar-refractivity contribution in [3.05, 3.63) is 29.6 Å². The highest BCUT2D eigenvalue weighted by molar-refractivity contribution is 5.49. The molecule has 0 heterocycles. The molecule has 1 aromatic rings. The van der Waals surface area contributed by atoms with E-state index < -0.39 is 0 Å². The van der Waals surface area contributed by atoms with E-state index in [0.717, 1.165) is 30.8 Å². The molecule has 1 rings (SSSR count). The lowest BCUT2D eigenvalue weighted by molar-refractivity contribution is 0.423. The van der Waals surface area contributed by atoms with Crippen molar-refractivity contribution < 1.29 is 4.39 Å². The van der Waals surface area contributed by atoms with Gasteiger partial charge in [-0.15, -0.1) is 0 Å². The second-order valence-corrected chi connectivity index (χ2v) is 6.94. The normalized spacial score (nSPS) is 13.3. The van der Waals surface area contributed by atoms with Crippen LogP contribution >= 0.6 is 0 Å². The molecule has 2 nitrogen and oxygen atoms in total. The van der Waals surface area contributed by atoms with Gasteiger partial charge in [0.05, 0.1) is 5.69 Å². The standard InChI is InChI=1S/C18H31FN2/c1-7-14(3)13-21(8-2)17-10-9-15(11-16(17)19)12-20-18(4,5)6/h9-11,14,20H,7-8,12-13H2,1-6H3. The Kier molecular flexibility index (Phi) is 6.66. The van der Waals surface area contributed by atoms with Crippen molar-refractivity contribution in [1.29, 1.82) is 0 Å². The fourth-order valence-corrected chi connectivity index (χ4v) is 2.19. The monoisotopic (exact) mass is 294 g/mol. The summed E-state index contributed by atoms with van der Waals surface area (Å²) >= 11 is 0. The number of nitrogens with zero attached hydrogens (tertiary/aromatic N) is 1. The topological polar surface area (TPSA) is 15.3 Å². The first-order valence-corrected chi connectivity index (χ1v) is 8.05. The Morgan fingerprint density at radius 2 is 1.90 bits per heavy atom. The largest absolute Gasteiger partial charge is 0.369 e. The second-order valence-electron chi connectivity index (χ2n) is 6.94. The smallest absolute Gasteiger partial charge is 0.146 e. The SMILES string of the molecule is CCC(C)CN(CC)c1ccc(CNC(C)(C)C)cc1F. The van der Waals surface area contributed by atoms with E-state index in [1.165, 1.54) is 0 Å². The van der Waals surface area contributed by atoms with Crippen LogP contribution in [-0.4, -0.2) is 18.6 Å². The van der Waals surface area contributed by atoms with Crippen LogP contribution in [-0.2, 0) is 6.54 Å². The molecule has 3 heteroatoms. The molecule has 0 fully saturated rings. The van der Waals surface area contributed by atoms with Crippen molar-refractivity contribution in [2.45, 2.75) is 60.0 Å². The van der Waals surface area contributed by atoms with Crippen LogP contribution in [0.15, 0.2) is 18.2 Å². The second kappa shape index (κ2) is 7.79. The van der Waals surface area contributed by atoms with Crippen LogP contribution in [0.4, 0.5) is 10.1 Å². The van der Waals surface area contributed by atoms with Gasteiger partial charge in [-0.3, -0.25) is 0 Å². The molecule has 1 N–H and O–H groups in total. The van der Waals surface area contributed by atoms with E-state index in [9.17, 15) is 4.39 Å². The van der Waals surface area contributed by atoms with E-state index in [1.54, 1.807) is 6.07 Å². The maximum absolute atomic E-state index is 14.4. The summed E-state index contributed by atoms with van der Waals surface area (Å²) < 4.78 is 14.4. The molecule has 1 aromatic carbocycles. The molecule has 1 unspecified atom stereocenters. The summed E-state index contributed by atoms with van der Waals surface area (Å²) in [7, 11) is 0. The van der Waals surface area contributed by atoms with Crippen molar-refractivity contribution in [2.75, 3.05) is 18.0 Å². The lowest BCUT2D eigenvalue weighted by Crippen LogP contribution is -2.35. The summed E-state index contributed by atoms with van der Waals surface area (Å²) in [5.74, 6) is 0.458. The van der Waals surface area contributed by atoms with E-state index in [0.29, 0.717) is 12.5 Å². The first kappa shape index (κ1) is 18.0. The average molecular weight is 294 g/mol. The van der Waals surface area contributed by atoms with Crippen LogP contribution in [0, 0.1) is 11.7 Å². The van der Waals surface area contributed by atoms with Gasteiger partial charge in [0.1, 0.15) is 5.82 Å². The molecule has 120 valence electrons. The van der Waals surface area contributed by atoms with Gasteiger partial charge in [-0.2, -0.15) is 0 Å². The van der Waals surface area contributed by atoms with Crippen molar-refractivity contribution in [1.82, 2.24) is 5.32 Å². The molecule has 0 aliphatic heterocycles. The van der Waals surface area contributed by atoms with Crippen LogP contribution in [0.5, 0.6) is 0 Å². The molecule has 0 radical (unpaired) electrons. The Balaban J connectivity index is 2.81. The Morgan fingerprint density at radius 3 is 2.38 bits per heavy atom. The highest BCUT2D eigenvalue weighted by Crippen LogP contribution is 2.22. The van der Waals surface area contributed by atoms with Crippen LogP contribution < -0.4 is 10.2 Å². The van der Waals surface area contributed by atoms with Gasteiger partial charge in [0, 0.05) is 25.2 Å². The van der Waals surface area contributed by atoms with Crippen LogP contribution in [0.1, 0.15) is 53.5 Å². The molecule has 0 bridgehead atoms. The molecular weight excluding hydrogens is 263 g/mol. The van der Waals surface area contributed by atoms with E-state index in [2.05, 4.69) is 51.8 Å². The third-order valence-corrected chi connectivity index (χ3v) is 3.79. The van der Waals surface area contributed by atoms with Gasteiger partial charge in [0.15, 0.2) is 0 Å². The minimum Gasteiger partial charge on any atom is -0.369 e. The van der Waals surface area contributed by atoms with Gasteiger partial charge >= 0.3 is 0 Å². The van der Waals surface area contributed by atoms with E-state index in [4.69, 9.17) is 0 Å². The summed E-state index contributed by atoms with van der Waals surface area (Å²) in [4.78, 5) is 2.13. The van der Waals surface area contributed by atoms with Gasteiger partial charge < -0.3 is 10.2 Å². The minimum absolute atomic E-state index is 0.0428. The molecule has 0 aliphatic rings. The zero-order chi connectivity index (χ0) is 16.0. The van der Waals surface area contributed by atoms with Crippen molar-refractivity contribution in [3.63, 3.8) is 0 Å². The third-order valence-electron chi connectivity index (χ3n) is 3.79. The Bertz CT molecular complexity index is 437. The van der Waals surface area contributed by atoms with E-state index >= 15 is 0 Å². The predicted molar refractivity (Wildman–Crippen MR) is 90.3 cm³/mol. The Labute approximate surface area is 129 Å². The molecule has 0 saturated heterocycles. The Hall–Kier alpha value is -1.09. The van der Waals surface area contributed by atoms with Crippen LogP contribution in [0.3, 0.4) is 0 Å². The lowest BCUT2D eigenvalue weighted by Gasteiger charge is -2.27. The maximum atomic E-state index is 14.4. The predicted octanol–water partition coefficient (Wildman–Crippen LogP) is 4.59. The van der Waals surface area contributed by atoms with Gasteiger partial charge in [0.25, 0.3) is 0 Å². The fraction of sp³-hybridized carbons (Fsp3) is 0.667. The average Bonchev–Trinajstić information content (AvgIpc) is 2.42. The van der Waals surface area contributed by atoms with Crippen molar-refractivity contribution in [3.8, 4) is 0 Å². The minimum atomic E-state index is -0.117.